The third-order valence-corrected chi connectivity index (χ3v) is 5.42. The summed E-state index contributed by atoms with van der Waals surface area (Å²) in [5, 5.41) is 26.7. The fourth-order valence-corrected chi connectivity index (χ4v) is 3.56. The van der Waals surface area contributed by atoms with Gasteiger partial charge < -0.3 is 35.1 Å². The topological polar surface area (TPSA) is 135 Å². The highest BCUT2D eigenvalue weighted by atomic mass is 35.5. The van der Waals surface area contributed by atoms with Crippen LogP contribution in [0.3, 0.4) is 0 Å². The summed E-state index contributed by atoms with van der Waals surface area (Å²) in [5.74, 6) is 0.232. The highest BCUT2D eigenvalue weighted by Crippen LogP contribution is 2.35. The number of nitrogens with zero attached hydrogens (tertiary/aromatic N) is 2. The van der Waals surface area contributed by atoms with E-state index >= 15 is 0 Å². The fourth-order valence-electron chi connectivity index (χ4n) is 3.38. The minimum Gasteiger partial charge on any atom is -0.493 e. The molecule has 1 amide bonds. The zero-order chi connectivity index (χ0) is 26.1. The number of amides is 1. The molecule has 2 unspecified atom stereocenters. The van der Waals surface area contributed by atoms with E-state index in [1.807, 2.05) is 0 Å². The average Bonchev–Trinajstić information content (AvgIpc) is 2.84. The van der Waals surface area contributed by atoms with Crippen LogP contribution >= 0.6 is 11.6 Å². The quantitative estimate of drug-likeness (QED) is 0.250. The van der Waals surface area contributed by atoms with Crippen molar-refractivity contribution in [3.8, 4) is 11.5 Å². The van der Waals surface area contributed by atoms with Crippen molar-refractivity contribution in [2.24, 2.45) is 0 Å². The molecule has 0 spiro atoms. The molecule has 10 nitrogen and oxygen atoms in total. The molecule has 1 aromatic heterocycles. The maximum absolute atomic E-state index is 13.5. The van der Waals surface area contributed by atoms with Gasteiger partial charge in [0.1, 0.15) is 24.6 Å². The van der Waals surface area contributed by atoms with Gasteiger partial charge in [-0.1, -0.05) is 11.6 Å². The molecule has 0 fully saturated rings. The van der Waals surface area contributed by atoms with Crippen LogP contribution in [0.5, 0.6) is 11.5 Å². The number of ether oxygens (including phenoxy) is 3. The van der Waals surface area contributed by atoms with E-state index in [0.29, 0.717) is 47.1 Å². The summed E-state index contributed by atoms with van der Waals surface area (Å²) in [6.45, 7) is 0.546. The van der Waals surface area contributed by atoms with Gasteiger partial charge in [0.25, 0.3) is 0 Å². The highest BCUT2D eigenvalue weighted by molar-refractivity contribution is 6.31. The van der Waals surface area contributed by atoms with Gasteiger partial charge in [0.2, 0.25) is 5.91 Å². The lowest BCUT2D eigenvalue weighted by atomic mass is 10.1. The van der Waals surface area contributed by atoms with Crippen LogP contribution in [0, 0.1) is 5.82 Å². The van der Waals surface area contributed by atoms with E-state index in [1.54, 1.807) is 12.1 Å². The molecule has 1 heterocycles. The molecule has 4 N–H and O–H groups in total. The number of hydrogen-bond donors (Lipinski definition) is 4. The Labute approximate surface area is 212 Å². The fraction of sp³-hybridized carbons (Fsp3) is 0.375. The highest BCUT2D eigenvalue weighted by Gasteiger charge is 2.18. The van der Waals surface area contributed by atoms with Crippen molar-refractivity contribution in [1.29, 1.82) is 0 Å². The van der Waals surface area contributed by atoms with Crippen molar-refractivity contribution in [3.05, 3.63) is 47.5 Å². The van der Waals surface area contributed by atoms with Crippen LogP contribution in [0.1, 0.15) is 12.8 Å². The van der Waals surface area contributed by atoms with Crippen LogP contribution < -0.4 is 20.1 Å². The van der Waals surface area contributed by atoms with Crippen molar-refractivity contribution >= 4 is 39.9 Å². The first-order chi connectivity index (χ1) is 17.3. The number of nitrogens with one attached hydrogen (secondary N) is 2. The van der Waals surface area contributed by atoms with Crippen LogP contribution in [0.4, 0.5) is 15.9 Å². The maximum Gasteiger partial charge on any atom is 0.222 e. The van der Waals surface area contributed by atoms with Crippen LogP contribution in [0.25, 0.3) is 10.9 Å². The number of fused-ring (bicyclic) bond motifs is 1. The van der Waals surface area contributed by atoms with Gasteiger partial charge in [-0.3, -0.25) is 4.79 Å². The standard InChI is InChI=1S/C24H28ClFN4O6/c1-34-6-5-27-23(33)9-15(31)8-16(32)12-36-22-10-17-20(11-21(22)35-2)28-13-29-24(17)30-14-3-4-19(26)18(25)7-14/h3-4,7,10-11,13,15-16,31-32H,5-6,8-9,12H2,1-2H3,(H,27,33)(H,28,29,30). The Balaban J connectivity index is 1.68. The number of carbonyl (C=O) groups excluding carboxylic acids is 1. The van der Waals surface area contributed by atoms with Gasteiger partial charge in [-0.15, -0.1) is 0 Å². The molecule has 36 heavy (non-hydrogen) atoms. The molecule has 194 valence electrons. The Morgan fingerprint density at radius 3 is 2.67 bits per heavy atom. The lowest BCUT2D eigenvalue weighted by Crippen LogP contribution is -2.32. The third kappa shape index (κ3) is 7.62. The van der Waals surface area contributed by atoms with Gasteiger partial charge in [0.15, 0.2) is 11.5 Å². The number of aliphatic hydroxyl groups excluding tert-OH is 2. The zero-order valence-electron chi connectivity index (χ0n) is 19.8. The van der Waals surface area contributed by atoms with E-state index in [4.69, 9.17) is 25.8 Å². The molecular weight excluding hydrogens is 495 g/mol. The van der Waals surface area contributed by atoms with Crippen LogP contribution in [-0.2, 0) is 9.53 Å². The zero-order valence-corrected chi connectivity index (χ0v) is 20.6. The molecule has 0 saturated carbocycles. The van der Waals surface area contributed by atoms with Crippen LogP contribution in [-0.4, -0.2) is 72.3 Å². The van der Waals surface area contributed by atoms with E-state index in [0.717, 1.165) is 0 Å². The van der Waals surface area contributed by atoms with E-state index < -0.39 is 18.0 Å². The second-order valence-corrected chi connectivity index (χ2v) is 8.30. The molecule has 0 aliphatic rings. The Morgan fingerprint density at radius 1 is 1.14 bits per heavy atom. The number of hydrogen-bond acceptors (Lipinski definition) is 9. The Hall–Kier alpha value is -3.25. The first-order valence-corrected chi connectivity index (χ1v) is 11.5. The lowest BCUT2D eigenvalue weighted by molar-refractivity contribution is -0.123. The van der Waals surface area contributed by atoms with E-state index in [-0.39, 0.29) is 30.4 Å². The molecule has 0 radical (unpaired) electrons. The molecule has 0 bridgehead atoms. The number of aromatic nitrogens is 2. The van der Waals surface area contributed by atoms with Gasteiger partial charge >= 0.3 is 0 Å². The first-order valence-electron chi connectivity index (χ1n) is 11.1. The number of methoxy groups -OCH3 is 2. The van der Waals surface area contributed by atoms with Gasteiger partial charge in [0, 0.05) is 37.2 Å². The molecule has 3 aromatic rings. The second-order valence-electron chi connectivity index (χ2n) is 7.90. The van der Waals surface area contributed by atoms with Crippen LogP contribution in [0.2, 0.25) is 5.02 Å². The Morgan fingerprint density at radius 2 is 1.94 bits per heavy atom. The predicted molar refractivity (Wildman–Crippen MR) is 132 cm³/mol. The van der Waals surface area contributed by atoms with Gasteiger partial charge in [-0.25, -0.2) is 14.4 Å². The maximum atomic E-state index is 13.5. The van der Waals surface area contributed by atoms with E-state index in [2.05, 4.69) is 20.6 Å². The molecule has 2 aromatic carbocycles. The smallest absolute Gasteiger partial charge is 0.222 e. The normalized spacial score (nSPS) is 12.7. The van der Waals surface area contributed by atoms with Crippen molar-refractivity contribution in [1.82, 2.24) is 15.3 Å². The number of rotatable bonds is 13. The predicted octanol–water partition coefficient (Wildman–Crippen LogP) is 2.82. The van der Waals surface area contributed by atoms with Crippen molar-refractivity contribution < 1.29 is 33.6 Å². The van der Waals surface area contributed by atoms with E-state index in [1.165, 1.54) is 38.7 Å². The van der Waals surface area contributed by atoms with E-state index in [9.17, 15) is 19.4 Å². The van der Waals surface area contributed by atoms with Crippen molar-refractivity contribution in [2.75, 3.05) is 39.3 Å². The van der Waals surface area contributed by atoms with Crippen molar-refractivity contribution in [3.63, 3.8) is 0 Å². The summed E-state index contributed by atoms with van der Waals surface area (Å²) in [7, 11) is 2.99. The molecule has 0 aliphatic carbocycles. The molecule has 12 heteroatoms. The number of benzene rings is 2. The Bertz CT molecular complexity index is 1180. The summed E-state index contributed by atoms with van der Waals surface area (Å²) in [6.07, 6.45) is -0.935. The number of aliphatic hydroxyl groups is 2. The monoisotopic (exact) mass is 522 g/mol. The Kier molecular flexibility index (Phi) is 10.00. The van der Waals surface area contributed by atoms with Gasteiger partial charge in [-0.05, 0) is 24.3 Å². The summed E-state index contributed by atoms with van der Waals surface area (Å²) in [5.41, 5.74) is 1.08. The van der Waals surface area contributed by atoms with Gasteiger partial charge in [0.05, 0.1) is 42.9 Å². The van der Waals surface area contributed by atoms with Crippen LogP contribution in [0.15, 0.2) is 36.7 Å². The molecular formula is C24H28ClFN4O6. The summed E-state index contributed by atoms with van der Waals surface area (Å²) >= 11 is 5.87. The number of halogens is 2. The average molecular weight is 523 g/mol. The minimum atomic E-state index is -1.05. The third-order valence-electron chi connectivity index (χ3n) is 5.13. The summed E-state index contributed by atoms with van der Waals surface area (Å²) in [4.78, 5) is 20.3. The molecule has 2 atom stereocenters. The lowest BCUT2D eigenvalue weighted by Gasteiger charge is -2.18. The molecule has 3 rings (SSSR count). The first kappa shape index (κ1) is 27.3. The van der Waals surface area contributed by atoms with Gasteiger partial charge in [-0.2, -0.15) is 0 Å². The SMILES string of the molecule is COCCNC(=O)CC(O)CC(O)COc1cc2c(Nc3ccc(F)c(Cl)c3)ncnc2cc1OC. The van der Waals surface area contributed by atoms with Crippen molar-refractivity contribution in [2.45, 2.75) is 25.0 Å². The summed E-state index contributed by atoms with van der Waals surface area (Å²) < 4.78 is 29.5. The molecule has 0 aliphatic heterocycles. The summed E-state index contributed by atoms with van der Waals surface area (Å²) in [6, 6.07) is 7.50. The number of anilines is 2. The second kappa shape index (κ2) is 13.2. The number of carbonyl (C=O) groups is 1. The largest absolute Gasteiger partial charge is 0.493 e. The molecule has 0 saturated heterocycles. The minimum absolute atomic E-state index is 0.0346.